The molecule has 0 saturated carbocycles. The Balaban J connectivity index is 2.20. The highest BCUT2D eigenvalue weighted by Crippen LogP contribution is 2.43. The molecule has 160 valence electrons. The molecule has 1 aromatic heterocycles. The van der Waals surface area contributed by atoms with Gasteiger partial charge in [-0.1, -0.05) is 0 Å². The molecule has 0 saturated heterocycles. The van der Waals surface area contributed by atoms with Gasteiger partial charge in [-0.15, -0.1) is 0 Å². The summed E-state index contributed by atoms with van der Waals surface area (Å²) in [5.74, 6) is -1.57. The predicted molar refractivity (Wildman–Crippen MR) is 108 cm³/mol. The number of imide groups is 1. The Kier molecular flexibility index (Phi) is 5.36. The van der Waals surface area contributed by atoms with Crippen molar-refractivity contribution in [3.8, 4) is 0 Å². The number of hydrogen-bond acceptors (Lipinski definition) is 7. The third-order valence-corrected chi connectivity index (χ3v) is 5.55. The van der Waals surface area contributed by atoms with Crippen LogP contribution in [-0.2, 0) is 19.8 Å². The van der Waals surface area contributed by atoms with E-state index in [1.807, 2.05) is 0 Å². The molecule has 11 heteroatoms. The number of ether oxygens (including phenoxy) is 1. The van der Waals surface area contributed by atoms with Crippen LogP contribution in [0.3, 0.4) is 0 Å². The highest BCUT2D eigenvalue weighted by Gasteiger charge is 2.52. The Morgan fingerprint density at radius 1 is 1.33 bits per heavy atom. The van der Waals surface area contributed by atoms with Gasteiger partial charge in [0.1, 0.15) is 11.3 Å². The van der Waals surface area contributed by atoms with E-state index in [2.05, 4.69) is 9.97 Å². The minimum atomic E-state index is -2.74. The average Bonchev–Trinajstić information content (AvgIpc) is 2.80. The number of amides is 2. The topological polar surface area (TPSA) is 107 Å². The number of halogens is 2. The smallest absolute Gasteiger partial charge is 0.418 e. The van der Waals surface area contributed by atoms with Crippen molar-refractivity contribution >= 4 is 44.3 Å². The summed E-state index contributed by atoms with van der Waals surface area (Å²) in [5, 5.41) is -0.231. The Morgan fingerprint density at radius 2 is 1.97 bits per heavy atom. The van der Waals surface area contributed by atoms with Crippen LogP contribution < -0.4 is 0 Å². The normalized spacial score (nSPS) is 18.4. The van der Waals surface area contributed by atoms with Crippen molar-refractivity contribution in [3.05, 3.63) is 40.2 Å². The summed E-state index contributed by atoms with van der Waals surface area (Å²) in [6.07, 6.45) is 1.06. The van der Waals surface area contributed by atoms with Gasteiger partial charge in [0, 0.05) is 17.6 Å². The molecule has 1 aromatic rings. The first kappa shape index (κ1) is 22.1. The zero-order chi connectivity index (χ0) is 22.6. The molecule has 30 heavy (non-hydrogen) atoms. The van der Waals surface area contributed by atoms with Gasteiger partial charge in [0.2, 0.25) is 15.6 Å². The van der Waals surface area contributed by atoms with E-state index in [1.165, 1.54) is 6.08 Å². The zero-order valence-corrected chi connectivity index (χ0v) is 18.5. The lowest BCUT2D eigenvalue weighted by atomic mass is 9.83. The van der Waals surface area contributed by atoms with E-state index in [4.69, 9.17) is 16.3 Å². The Morgan fingerprint density at radius 3 is 2.53 bits per heavy atom. The van der Waals surface area contributed by atoms with Crippen molar-refractivity contribution in [2.45, 2.75) is 52.2 Å². The van der Waals surface area contributed by atoms with E-state index in [0.29, 0.717) is 0 Å². The maximum absolute atomic E-state index is 14.3. The molecule has 2 aliphatic rings. The molecule has 0 N–H and O–H groups in total. The van der Waals surface area contributed by atoms with E-state index >= 15 is 0 Å². The maximum Gasteiger partial charge on any atom is 0.418 e. The molecule has 2 heterocycles. The fourth-order valence-corrected chi connectivity index (χ4v) is 4.45. The van der Waals surface area contributed by atoms with E-state index in [9.17, 15) is 22.4 Å². The largest absolute Gasteiger partial charge is 0.443 e. The van der Waals surface area contributed by atoms with E-state index in [1.54, 1.807) is 34.6 Å². The lowest BCUT2D eigenvalue weighted by Gasteiger charge is -2.34. The van der Waals surface area contributed by atoms with Gasteiger partial charge >= 0.3 is 6.09 Å². The second-order valence-electron chi connectivity index (χ2n) is 8.31. The number of aromatic nitrogens is 2. The van der Waals surface area contributed by atoms with Gasteiger partial charge in [-0.05, 0) is 57.9 Å². The number of carbonyl (C=O) groups excluding carboxylic acids is 2. The van der Waals surface area contributed by atoms with Crippen molar-refractivity contribution < 1.29 is 27.1 Å². The molecule has 0 aromatic carbocycles. The second-order valence-corrected chi connectivity index (χ2v) is 9.61. The Hall–Kier alpha value is -2.59. The second kappa shape index (κ2) is 7.28. The molecular formula is C19H19ClFN3O5S. The van der Waals surface area contributed by atoms with Gasteiger partial charge in [-0.25, -0.2) is 24.1 Å². The van der Waals surface area contributed by atoms with Crippen LogP contribution in [0.25, 0.3) is 5.57 Å². The van der Waals surface area contributed by atoms with Crippen LogP contribution in [0.4, 0.5) is 9.18 Å². The monoisotopic (exact) mass is 455 g/mol. The molecule has 1 aliphatic carbocycles. The Labute approximate surface area is 178 Å². The van der Waals surface area contributed by atoms with Gasteiger partial charge in [-0.2, -0.15) is 8.42 Å². The van der Waals surface area contributed by atoms with Crippen LogP contribution in [0.15, 0.2) is 23.4 Å². The third kappa shape index (κ3) is 3.77. The summed E-state index contributed by atoms with van der Waals surface area (Å²) in [7, 11) is -2.74. The molecule has 0 atom stereocenters. The summed E-state index contributed by atoms with van der Waals surface area (Å²) >= 11 is 5.75. The number of hydrogen-bond donors (Lipinski definition) is 0. The molecule has 0 unspecified atom stereocenters. The molecule has 3 rings (SSSR count). The van der Waals surface area contributed by atoms with Crippen LogP contribution in [0, 0.1) is 5.82 Å². The molecular weight excluding hydrogens is 437 g/mol. The highest BCUT2D eigenvalue weighted by atomic mass is 35.5. The molecule has 8 nitrogen and oxygen atoms in total. The van der Waals surface area contributed by atoms with Crippen molar-refractivity contribution in [2.75, 3.05) is 0 Å². The van der Waals surface area contributed by atoms with Gasteiger partial charge in [-0.3, -0.25) is 4.79 Å². The quantitative estimate of drug-likeness (QED) is 0.473. The highest BCUT2D eigenvalue weighted by molar-refractivity contribution is 7.73. The standard InChI is InChI=1S/C19H19ClFN3O5S/c1-18(2,3)29-17(26)24-15(25)10-6-9(14-11(21)8-22-16(20)23-14)7-12(30(27)28)13(10)19(24,4)5/h6,8H,7H2,1-5H3. The van der Waals surface area contributed by atoms with Gasteiger partial charge in [0.05, 0.1) is 16.6 Å². The summed E-state index contributed by atoms with van der Waals surface area (Å²) in [5.41, 5.74) is -2.13. The van der Waals surface area contributed by atoms with Crippen LogP contribution in [0.2, 0.25) is 5.28 Å². The minimum Gasteiger partial charge on any atom is -0.443 e. The van der Waals surface area contributed by atoms with Crippen molar-refractivity contribution in [1.29, 1.82) is 0 Å². The Bertz CT molecular complexity index is 1170. The fourth-order valence-electron chi connectivity index (χ4n) is 3.52. The first-order valence-corrected chi connectivity index (χ1v) is 10.4. The van der Waals surface area contributed by atoms with Crippen LogP contribution >= 0.6 is 11.6 Å². The van der Waals surface area contributed by atoms with E-state index < -0.39 is 39.3 Å². The molecule has 0 radical (unpaired) electrons. The number of rotatable bonds is 1. The first-order valence-electron chi connectivity index (χ1n) is 8.90. The van der Waals surface area contributed by atoms with Gasteiger partial charge in [0.25, 0.3) is 5.91 Å². The van der Waals surface area contributed by atoms with Crippen LogP contribution in [-0.4, -0.2) is 51.3 Å². The average molecular weight is 456 g/mol. The van der Waals surface area contributed by atoms with Crippen molar-refractivity contribution in [3.63, 3.8) is 0 Å². The van der Waals surface area contributed by atoms with Gasteiger partial charge < -0.3 is 4.74 Å². The minimum absolute atomic E-state index is 0.0413. The molecule has 1 aliphatic heterocycles. The van der Waals surface area contributed by atoms with Crippen molar-refractivity contribution in [2.24, 2.45) is 0 Å². The van der Waals surface area contributed by atoms with Crippen LogP contribution in [0.5, 0.6) is 0 Å². The number of carbonyl (C=O) groups is 2. The third-order valence-electron chi connectivity index (χ3n) is 4.62. The van der Waals surface area contributed by atoms with Crippen molar-refractivity contribution in [1.82, 2.24) is 14.9 Å². The predicted octanol–water partition coefficient (Wildman–Crippen LogP) is 2.96. The zero-order valence-electron chi connectivity index (χ0n) is 16.9. The SMILES string of the molecule is CC(C)(C)OC(=O)N1C(=O)C2=C(C(=S(=O)=O)CC(c3nc(Cl)ncc3F)=C2)C1(C)C. The summed E-state index contributed by atoms with van der Waals surface area (Å²) in [4.78, 5) is 34.0. The maximum atomic E-state index is 14.3. The summed E-state index contributed by atoms with van der Waals surface area (Å²) in [6.45, 7) is 8.04. The molecule has 2 amide bonds. The molecule has 0 spiro atoms. The summed E-state index contributed by atoms with van der Waals surface area (Å²) < 4.78 is 43.7. The summed E-state index contributed by atoms with van der Waals surface area (Å²) in [6, 6.07) is 0. The number of nitrogens with zero attached hydrogens (tertiary/aromatic N) is 3. The fraction of sp³-hybridized carbons (Fsp3) is 0.421. The number of allylic oxidation sites excluding steroid dienone is 1. The molecule has 0 bridgehead atoms. The van der Waals surface area contributed by atoms with Crippen LogP contribution in [0.1, 0.15) is 46.7 Å². The lowest BCUT2D eigenvalue weighted by Crippen LogP contribution is -2.50. The van der Waals surface area contributed by atoms with Gasteiger partial charge in [0.15, 0.2) is 5.82 Å². The van der Waals surface area contributed by atoms with E-state index in [-0.39, 0.29) is 39.0 Å². The first-order chi connectivity index (χ1) is 13.7. The van der Waals surface area contributed by atoms with E-state index in [0.717, 1.165) is 11.1 Å². The molecule has 0 fully saturated rings. The lowest BCUT2D eigenvalue weighted by molar-refractivity contribution is -0.127.